The zero-order valence-corrected chi connectivity index (χ0v) is 21.4. The van der Waals surface area contributed by atoms with Crippen LogP contribution in [0.15, 0.2) is 27.8 Å². The third kappa shape index (κ3) is 5.29. The van der Waals surface area contributed by atoms with Gasteiger partial charge in [-0.05, 0) is 30.7 Å². The molecule has 1 aliphatic heterocycles. The Morgan fingerprint density at radius 2 is 1.90 bits per heavy atom. The molecule has 39 heavy (non-hydrogen) atoms. The summed E-state index contributed by atoms with van der Waals surface area (Å²) in [5.41, 5.74) is 4.44. The first-order valence-electron chi connectivity index (χ1n) is 12.1. The summed E-state index contributed by atoms with van der Waals surface area (Å²) in [5.74, 6) is 6.49. The lowest BCUT2D eigenvalue weighted by atomic mass is 10.1. The van der Waals surface area contributed by atoms with Gasteiger partial charge in [0.25, 0.3) is 5.56 Å². The van der Waals surface area contributed by atoms with E-state index in [2.05, 4.69) is 10.3 Å². The van der Waals surface area contributed by atoms with Gasteiger partial charge < -0.3 is 51.5 Å². The number of nitrogens with two attached hydrogens (primary N) is 2. The molecule has 0 bridgehead atoms. The molecule has 0 radical (unpaired) electrons. The van der Waals surface area contributed by atoms with Crippen molar-refractivity contribution in [1.82, 2.24) is 24.1 Å². The molecule has 16 heteroatoms. The normalized spacial score (nSPS) is 21.9. The van der Waals surface area contributed by atoms with E-state index in [9.17, 15) is 30.0 Å². The molecule has 5 atom stereocenters. The molecule has 214 valence electrons. The number of imidazole rings is 1. The van der Waals surface area contributed by atoms with Crippen molar-refractivity contribution in [2.24, 2.45) is 0 Å². The Morgan fingerprint density at radius 3 is 2.54 bits per heavy atom. The van der Waals surface area contributed by atoms with Crippen LogP contribution in [-0.2, 0) is 17.7 Å². The summed E-state index contributed by atoms with van der Waals surface area (Å²) in [6, 6.07) is 5.53. The predicted molar refractivity (Wildman–Crippen MR) is 138 cm³/mol. The second-order valence-corrected chi connectivity index (χ2v) is 9.11. The first-order valence-corrected chi connectivity index (χ1v) is 12.1. The first kappa shape index (κ1) is 28.3. The van der Waals surface area contributed by atoms with Crippen molar-refractivity contribution in [3.05, 3.63) is 44.6 Å². The number of aromatic nitrogens is 4. The number of hydrogen-bond donors (Lipinski definition) is 7. The topological polar surface area (TPSA) is 235 Å². The van der Waals surface area contributed by atoms with Crippen LogP contribution in [0.25, 0.3) is 11.2 Å². The maximum Gasteiger partial charge on any atom is 0.332 e. The van der Waals surface area contributed by atoms with Crippen LogP contribution >= 0.6 is 0 Å². The molecule has 4 rings (SSSR count). The number of nitrogens with zero attached hydrogens (tertiary/aromatic N) is 4. The van der Waals surface area contributed by atoms with E-state index in [0.717, 1.165) is 14.7 Å². The molecule has 1 saturated heterocycles. The van der Waals surface area contributed by atoms with E-state index in [1.165, 1.54) is 0 Å². The molecule has 2 aromatic heterocycles. The van der Waals surface area contributed by atoms with Crippen LogP contribution in [0.2, 0.25) is 0 Å². The van der Waals surface area contributed by atoms with E-state index in [4.69, 9.17) is 25.8 Å². The zero-order chi connectivity index (χ0) is 28.4. The summed E-state index contributed by atoms with van der Waals surface area (Å²) in [6.07, 6.45) is -6.30. The molecule has 1 aliphatic rings. The predicted octanol–water partition coefficient (Wildman–Crippen LogP) is -3.52. The number of benzene rings is 1. The highest BCUT2D eigenvalue weighted by Gasteiger charge is 2.45. The second-order valence-electron chi connectivity index (χ2n) is 9.11. The van der Waals surface area contributed by atoms with Crippen LogP contribution in [0.3, 0.4) is 0 Å². The lowest BCUT2D eigenvalue weighted by Gasteiger charge is -2.16. The fourth-order valence-corrected chi connectivity index (χ4v) is 4.55. The van der Waals surface area contributed by atoms with E-state index in [-0.39, 0.29) is 24.3 Å². The molecule has 16 nitrogen and oxygen atoms in total. The van der Waals surface area contributed by atoms with Gasteiger partial charge in [-0.3, -0.25) is 9.36 Å². The van der Waals surface area contributed by atoms with Gasteiger partial charge in [0.05, 0.1) is 33.5 Å². The summed E-state index contributed by atoms with van der Waals surface area (Å²) in [7, 11) is 3.10. The minimum Gasteiger partial charge on any atom is -0.493 e. The lowest BCUT2D eigenvalue weighted by Crippen LogP contribution is -2.38. The van der Waals surface area contributed by atoms with Crippen molar-refractivity contribution in [3.8, 4) is 11.5 Å². The van der Waals surface area contributed by atoms with Crippen molar-refractivity contribution in [3.63, 3.8) is 0 Å². The first-order chi connectivity index (χ1) is 18.6. The minimum absolute atomic E-state index is 0.0689. The molecule has 0 amide bonds. The summed E-state index contributed by atoms with van der Waals surface area (Å²) in [4.78, 5) is 30.4. The molecule has 0 aliphatic carbocycles. The Bertz CT molecular complexity index is 1440. The van der Waals surface area contributed by atoms with Crippen LogP contribution < -0.4 is 37.6 Å². The van der Waals surface area contributed by atoms with Gasteiger partial charge in [-0.2, -0.15) is 9.66 Å². The fraction of sp³-hybridized carbons (Fsp3) is 0.522. The quantitative estimate of drug-likeness (QED) is 0.0905. The number of fused-ring (bicyclic) bond motifs is 1. The van der Waals surface area contributed by atoms with E-state index >= 15 is 0 Å². The van der Waals surface area contributed by atoms with Gasteiger partial charge in [0.1, 0.15) is 18.3 Å². The Morgan fingerprint density at radius 1 is 1.18 bits per heavy atom. The van der Waals surface area contributed by atoms with Crippen molar-refractivity contribution in [2.45, 2.75) is 43.6 Å². The third-order valence-electron chi connectivity index (χ3n) is 6.62. The number of aliphatic hydroxyl groups excluding tert-OH is 4. The number of anilines is 1. The van der Waals surface area contributed by atoms with Gasteiger partial charge in [-0.15, -0.1) is 0 Å². The molecular formula is C23H33N7O9. The second kappa shape index (κ2) is 11.6. The van der Waals surface area contributed by atoms with Crippen LogP contribution in [0.4, 0.5) is 5.95 Å². The van der Waals surface area contributed by atoms with Gasteiger partial charge in [0.2, 0.25) is 5.95 Å². The number of aliphatic hydroxyl groups is 4. The van der Waals surface area contributed by atoms with Gasteiger partial charge >= 0.3 is 5.69 Å². The Hall–Kier alpha value is -3.67. The molecule has 1 unspecified atom stereocenters. The van der Waals surface area contributed by atoms with Gasteiger partial charge in [0, 0.05) is 6.54 Å². The number of methoxy groups -OCH3 is 2. The average Bonchev–Trinajstić information content (AvgIpc) is 3.36. The smallest absolute Gasteiger partial charge is 0.332 e. The van der Waals surface area contributed by atoms with Crippen LogP contribution in [0.5, 0.6) is 11.5 Å². The average molecular weight is 552 g/mol. The molecule has 0 spiro atoms. The summed E-state index contributed by atoms with van der Waals surface area (Å²) < 4.78 is 18.4. The highest BCUT2D eigenvalue weighted by atomic mass is 16.6. The molecule has 3 heterocycles. The van der Waals surface area contributed by atoms with Gasteiger partial charge in [-0.1, -0.05) is 6.07 Å². The maximum atomic E-state index is 13.4. The summed E-state index contributed by atoms with van der Waals surface area (Å²) in [6.45, 7) is -0.402. The van der Waals surface area contributed by atoms with E-state index < -0.39 is 54.4 Å². The Balaban J connectivity index is 1.54. The fourth-order valence-electron chi connectivity index (χ4n) is 4.55. The van der Waals surface area contributed by atoms with E-state index in [1.807, 2.05) is 12.1 Å². The van der Waals surface area contributed by atoms with Crippen molar-refractivity contribution in [2.75, 3.05) is 45.5 Å². The van der Waals surface area contributed by atoms with Gasteiger partial charge in [-0.25, -0.2) is 9.36 Å². The van der Waals surface area contributed by atoms with Crippen molar-refractivity contribution < 1.29 is 34.6 Å². The SMILES string of the molecule is COc1ccc(CCNCC(O)Cn2c(=O)n([C@@H]3O[C@H](CO)[C@@H](O)[C@H]3O)c3nc(N)n(N)c(=O)c32)cc1OC. The summed E-state index contributed by atoms with van der Waals surface area (Å²) in [5, 5.41) is 43.9. The van der Waals surface area contributed by atoms with E-state index in [0.29, 0.717) is 29.1 Å². The summed E-state index contributed by atoms with van der Waals surface area (Å²) >= 11 is 0. The number of rotatable bonds is 11. The van der Waals surface area contributed by atoms with Crippen LogP contribution in [-0.4, -0.2) is 97.6 Å². The largest absolute Gasteiger partial charge is 0.493 e. The third-order valence-corrected chi connectivity index (χ3v) is 6.62. The van der Waals surface area contributed by atoms with Crippen molar-refractivity contribution in [1.29, 1.82) is 0 Å². The monoisotopic (exact) mass is 551 g/mol. The standard InChI is InChI=1S/C23H33N7O9/c1-37-13-4-3-11(7-14(13)38-2)5-6-26-8-12(32)9-28-16-19(27-22(24)30(25)20(16)35)29(23(28)36)21-18(34)17(33)15(10-31)39-21/h3-4,7,12,15,17-18,21,26,31-34H,5-6,8-10,25H2,1-2H3,(H2,24,27)/t12?,15-,17-,18-,21-/m1/s1. The molecular weight excluding hydrogens is 518 g/mol. The highest BCUT2D eigenvalue weighted by molar-refractivity contribution is 5.72. The number of nitrogens with one attached hydrogen (secondary N) is 1. The highest BCUT2D eigenvalue weighted by Crippen LogP contribution is 2.30. The number of nitrogen functional groups attached to an aromatic ring is 2. The molecule has 1 fully saturated rings. The lowest BCUT2D eigenvalue weighted by molar-refractivity contribution is -0.0529. The minimum atomic E-state index is -1.62. The molecule has 3 aromatic rings. The number of hydrogen-bond acceptors (Lipinski definition) is 13. The molecule has 0 saturated carbocycles. The number of ether oxygens (including phenoxy) is 3. The molecule has 1 aromatic carbocycles. The van der Waals surface area contributed by atoms with Crippen LogP contribution in [0, 0.1) is 0 Å². The van der Waals surface area contributed by atoms with E-state index in [1.54, 1.807) is 20.3 Å². The van der Waals surface area contributed by atoms with Crippen molar-refractivity contribution >= 4 is 17.1 Å². The molecule has 9 N–H and O–H groups in total. The maximum absolute atomic E-state index is 13.4. The Labute approximate surface area is 221 Å². The van der Waals surface area contributed by atoms with Gasteiger partial charge in [0.15, 0.2) is 28.9 Å². The van der Waals surface area contributed by atoms with Crippen LogP contribution in [0.1, 0.15) is 11.8 Å². The zero-order valence-electron chi connectivity index (χ0n) is 21.4. The Kier molecular flexibility index (Phi) is 8.43.